The maximum Gasteiger partial charge on any atom is 0.306 e. The van der Waals surface area contributed by atoms with Crippen molar-refractivity contribution in [1.82, 2.24) is 4.90 Å². The molecule has 2 N–H and O–H groups in total. The molecule has 63 heavy (non-hydrogen) atoms. The van der Waals surface area contributed by atoms with Crippen molar-refractivity contribution in [2.24, 2.45) is 5.92 Å². The summed E-state index contributed by atoms with van der Waals surface area (Å²) in [4.78, 5) is 51.7. The molecule has 9 nitrogen and oxygen atoms in total. The van der Waals surface area contributed by atoms with Gasteiger partial charge in [0.2, 0.25) is 0 Å². The van der Waals surface area contributed by atoms with E-state index in [1.165, 1.54) is 116 Å². The van der Waals surface area contributed by atoms with Crippen LogP contribution in [0.3, 0.4) is 0 Å². The maximum atomic E-state index is 12.9. The number of carbonyl (C=O) groups excluding carboxylic acids is 2. The fourth-order valence-corrected chi connectivity index (χ4v) is 8.94. The Labute approximate surface area is 387 Å². The average Bonchev–Trinajstić information content (AvgIpc) is 3.28. The van der Waals surface area contributed by atoms with Crippen molar-refractivity contribution < 1.29 is 19.1 Å². The molecule has 0 saturated carbocycles. The summed E-state index contributed by atoms with van der Waals surface area (Å²) in [6, 6.07) is 0. The Kier molecular flexibility index (Phi) is 39.3. The molecule has 0 radical (unpaired) electrons. The van der Waals surface area contributed by atoms with E-state index >= 15 is 0 Å². The van der Waals surface area contributed by atoms with Crippen LogP contribution in [0, 0.1) is 5.92 Å². The molecule has 0 spiro atoms. The summed E-state index contributed by atoms with van der Waals surface area (Å²) in [5.41, 5.74) is -0.0556. The Hall–Kier alpha value is -2.42. The van der Waals surface area contributed by atoms with Gasteiger partial charge in [-0.15, -0.1) is 0 Å². The van der Waals surface area contributed by atoms with E-state index in [9.17, 15) is 19.2 Å². The van der Waals surface area contributed by atoms with Gasteiger partial charge in [-0.05, 0) is 89.8 Å². The zero-order valence-electron chi connectivity index (χ0n) is 42.0. The highest BCUT2D eigenvalue weighted by atomic mass is 16.5. The minimum absolute atomic E-state index is 0.00284. The number of anilines is 2. The molecule has 0 fully saturated rings. The van der Waals surface area contributed by atoms with Gasteiger partial charge in [0, 0.05) is 26.4 Å². The number of nitrogens with one attached hydrogen (secondary N) is 2. The molecule has 0 aliphatic carbocycles. The normalized spacial score (nSPS) is 11.7. The fraction of sp³-hybridized carbons (Fsp3) is 0.889. The maximum absolute atomic E-state index is 12.9. The summed E-state index contributed by atoms with van der Waals surface area (Å²) in [6.07, 6.45) is 41.2. The lowest BCUT2D eigenvalue weighted by molar-refractivity contribution is -0.150. The monoisotopic (exact) mass is 888 g/mol. The predicted molar refractivity (Wildman–Crippen MR) is 269 cm³/mol. The van der Waals surface area contributed by atoms with Gasteiger partial charge in [0.25, 0.3) is 10.9 Å². The van der Waals surface area contributed by atoms with Crippen molar-refractivity contribution in [2.75, 3.05) is 50.5 Å². The number of unbranched alkanes of at least 4 members (excludes halogenated alkanes) is 22. The van der Waals surface area contributed by atoms with Crippen LogP contribution in [0.5, 0.6) is 0 Å². The Balaban J connectivity index is 2.42. The first-order chi connectivity index (χ1) is 30.8. The summed E-state index contributed by atoms with van der Waals surface area (Å²) in [7, 11) is 1.67. The van der Waals surface area contributed by atoms with Gasteiger partial charge in [-0.3, -0.25) is 19.2 Å². The van der Waals surface area contributed by atoms with Gasteiger partial charge >= 0.3 is 11.9 Å². The standard InChI is InChI=1S/C54H101N3O6/c1-6-10-14-16-20-28-37-48(38-29-21-17-15-11-7-2)63-50(59)40-31-23-19-25-33-44-57(45-34-42-56-52-51(55-5)53(60)54(52)61)43-32-24-18-22-30-39-49(58)62-46-41-47(35-26-12-8-3)36-27-13-9-4/h47-48,55-56H,6-46H2,1-5H3. The van der Waals surface area contributed by atoms with E-state index in [1.54, 1.807) is 7.05 Å². The van der Waals surface area contributed by atoms with E-state index in [-0.39, 0.29) is 18.0 Å². The van der Waals surface area contributed by atoms with Crippen LogP contribution in [-0.2, 0) is 19.1 Å². The van der Waals surface area contributed by atoms with Gasteiger partial charge < -0.3 is 25.0 Å². The van der Waals surface area contributed by atoms with Crippen LogP contribution in [-0.4, -0.2) is 62.8 Å². The van der Waals surface area contributed by atoms with E-state index < -0.39 is 10.9 Å². The largest absolute Gasteiger partial charge is 0.466 e. The number of ether oxygens (including phenoxy) is 2. The Bertz CT molecular complexity index is 1250. The number of esters is 2. The molecule has 9 heteroatoms. The third-order valence-electron chi connectivity index (χ3n) is 13.1. The van der Waals surface area contributed by atoms with Crippen molar-refractivity contribution >= 4 is 23.3 Å². The van der Waals surface area contributed by atoms with E-state index in [1.807, 2.05) is 0 Å². The first-order valence-electron chi connectivity index (χ1n) is 27.1. The zero-order valence-corrected chi connectivity index (χ0v) is 42.0. The average molecular weight is 888 g/mol. The molecule has 0 amide bonds. The number of hydrogen-bond donors (Lipinski definition) is 2. The molecule has 0 heterocycles. The molecule has 1 aromatic rings. The number of rotatable bonds is 48. The smallest absolute Gasteiger partial charge is 0.306 e. The molecule has 368 valence electrons. The number of nitrogens with zero attached hydrogens (tertiary/aromatic N) is 1. The molecule has 0 aliphatic rings. The van der Waals surface area contributed by atoms with E-state index in [2.05, 4.69) is 43.2 Å². The van der Waals surface area contributed by atoms with Crippen LogP contribution >= 0.6 is 0 Å². The van der Waals surface area contributed by atoms with Crippen molar-refractivity contribution in [3.05, 3.63) is 20.4 Å². The highest BCUT2D eigenvalue weighted by Crippen LogP contribution is 2.22. The van der Waals surface area contributed by atoms with Gasteiger partial charge in [-0.2, -0.15) is 0 Å². The lowest BCUT2D eigenvalue weighted by Crippen LogP contribution is -2.37. The first-order valence-corrected chi connectivity index (χ1v) is 27.1. The topological polar surface area (TPSA) is 114 Å². The molecule has 0 aromatic heterocycles. The minimum Gasteiger partial charge on any atom is -0.466 e. The second-order valence-electron chi connectivity index (χ2n) is 18.9. The lowest BCUT2D eigenvalue weighted by Gasteiger charge is -2.23. The van der Waals surface area contributed by atoms with Gasteiger partial charge in [0.05, 0.1) is 6.61 Å². The highest BCUT2D eigenvalue weighted by molar-refractivity contribution is 5.73. The van der Waals surface area contributed by atoms with Gasteiger partial charge in [-0.25, -0.2) is 0 Å². The van der Waals surface area contributed by atoms with Crippen LogP contribution < -0.4 is 21.5 Å². The lowest BCUT2D eigenvalue weighted by atomic mass is 9.92. The van der Waals surface area contributed by atoms with Crippen LogP contribution in [0.25, 0.3) is 0 Å². The highest BCUT2D eigenvalue weighted by Gasteiger charge is 2.19. The van der Waals surface area contributed by atoms with Gasteiger partial charge in [-0.1, -0.05) is 182 Å². The molecule has 1 rings (SSSR count). The minimum atomic E-state index is -0.439. The first kappa shape index (κ1) is 58.6. The molecule has 0 bridgehead atoms. The quantitative estimate of drug-likeness (QED) is 0.0375. The molecule has 0 atom stereocenters. The molecule has 0 unspecified atom stereocenters. The second-order valence-corrected chi connectivity index (χ2v) is 18.9. The van der Waals surface area contributed by atoms with Gasteiger partial charge in [0.15, 0.2) is 0 Å². The molecule has 0 saturated heterocycles. The van der Waals surface area contributed by atoms with E-state index in [0.717, 1.165) is 122 Å². The Morgan fingerprint density at radius 2 is 0.889 bits per heavy atom. The van der Waals surface area contributed by atoms with E-state index in [0.29, 0.717) is 43.3 Å². The molecule has 0 aliphatic heterocycles. The summed E-state index contributed by atoms with van der Waals surface area (Å²) < 4.78 is 11.7. The van der Waals surface area contributed by atoms with Crippen LogP contribution in [0.2, 0.25) is 0 Å². The van der Waals surface area contributed by atoms with Crippen molar-refractivity contribution in [2.45, 2.75) is 265 Å². The third-order valence-corrected chi connectivity index (χ3v) is 13.1. The zero-order chi connectivity index (χ0) is 46.0. The van der Waals surface area contributed by atoms with Crippen molar-refractivity contribution in [3.8, 4) is 0 Å². The predicted octanol–water partition coefficient (Wildman–Crippen LogP) is 14.2. The van der Waals surface area contributed by atoms with Crippen molar-refractivity contribution in [3.63, 3.8) is 0 Å². The summed E-state index contributed by atoms with van der Waals surface area (Å²) in [6.45, 7) is 13.3. The van der Waals surface area contributed by atoms with Crippen LogP contribution in [0.4, 0.5) is 11.4 Å². The fourth-order valence-electron chi connectivity index (χ4n) is 8.94. The van der Waals surface area contributed by atoms with E-state index in [4.69, 9.17) is 9.47 Å². The number of carbonyl (C=O) groups is 2. The summed E-state index contributed by atoms with van der Waals surface area (Å²) in [5.74, 6) is 0.650. The molecular formula is C54H101N3O6. The van der Waals surface area contributed by atoms with Crippen LogP contribution in [0.1, 0.15) is 259 Å². The SMILES string of the molecule is CCCCCCCCC(CCCCCCCC)OC(=O)CCCCCCCN(CCCCCCCC(=O)OCCC(CCCCC)CCCCC)CCCNc1c(NC)c(=O)c1=O. The van der Waals surface area contributed by atoms with Crippen molar-refractivity contribution in [1.29, 1.82) is 0 Å². The summed E-state index contributed by atoms with van der Waals surface area (Å²) in [5, 5.41) is 6.03. The third kappa shape index (κ3) is 32.0. The molecular weight excluding hydrogens is 787 g/mol. The van der Waals surface area contributed by atoms with Gasteiger partial charge in [0.1, 0.15) is 17.5 Å². The summed E-state index contributed by atoms with van der Waals surface area (Å²) >= 11 is 0. The molecule has 1 aromatic carbocycles. The Morgan fingerprint density at radius 3 is 1.41 bits per heavy atom. The Morgan fingerprint density at radius 1 is 0.476 bits per heavy atom. The van der Waals surface area contributed by atoms with Crippen LogP contribution in [0.15, 0.2) is 9.59 Å². The second kappa shape index (κ2) is 42.2. The number of hydrogen-bond acceptors (Lipinski definition) is 9.